The van der Waals surface area contributed by atoms with E-state index >= 15 is 0 Å². The number of anilines is 1. The van der Waals surface area contributed by atoms with Gasteiger partial charge in [-0.2, -0.15) is 5.10 Å². The molecular formula is C22H22N4O2. The summed E-state index contributed by atoms with van der Waals surface area (Å²) in [5.74, 6) is 0.185. The fourth-order valence-corrected chi connectivity index (χ4v) is 2.98. The Labute approximate surface area is 162 Å². The van der Waals surface area contributed by atoms with E-state index in [1.54, 1.807) is 12.3 Å². The first-order valence-corrected chi connectivity index (χ1v) is 9.31. The lowest BCUT2D eigenvalue weighted by molar-refractivity contribution is 0.0473. The summed E-state index contributed by atoms with van der Waals surface area (Å²) in [5.41, 5.74) is 4.13. The minimum Gasteiger partial charge on any atom is -0.457 e. The number of rotatable bonds is 6. The zero-order valence-corrected chi connectivity index (χ0v) is 15.9. The molecule has 0 saturated carbocycles. The van der Waals surface area contributed by atoms with Crippen molar-refractivity contribution in [3.63, 3.8) is 0 Å². The Hall–Kier alpha value is -3.41. The van der Waals surface area contributed by atoms with Gasteiger partial charge in [0.2, 0.25) is 0 Å². The van der Waals surface area contributed by atoms with Crippen LogP contribution in [0, 0.1) is 5.92 Å². The number of fused-ring (bicyclic) bond motifs is 2. The van der Waals surface area contributed by atoms with Crippen LogP contribution in [-0.4, -0.2) is 27.7 Å². The molecule has 6 nitrogen and oxygen atoms in total. The van der Waals surface area contributed by atoms with E-state index in [2.05, 4.69) is 34.3 Å². The SMILES string of the molecule is CC(C)CNc1cnc2ccc(C(=O)OCc3ccc4cn[nH]c4c3)cc2c1. The van der Waals surface area contributed by atoms with Gasteiger partial charge in [0, 0.05) is 17.3 Å². The van der Waals surface area contributed by atoms with Gasteiger partial charge in [-0.15, -0.1) is 0 Å². The number of hydrogen-bond acceptors (Lipinski definition) is 5. The summed E-state index contributed by atoms with van der Waals surface area (Å²) in [5, 5.41) is 12.2. The van der Waals surface area contributed by atoms with Crippen LogP contribution < -0.4 is 5.32 Å². The highest BCUT2D eigenvalue weighted by Gasteiger charge is 2.10. The highest BCUT2D eigenvalue weighted by molar-refractivity contribution is 5.95. The molecule has 28 heavy (non-hydrogen) atoms. The molecule has 0 amide bonds. The summed E-state index contributed by atoms with van der Waals surface area (Å²) in [6, 6.07) is 13.2. The van der Waals surface area contributed by atoms with Crippen LogP contribution in [0.2, 0.25) is 0 Å². The van der Waals surface area contributed by atoms with E-state index in [9.17, 15) is 4.79 Å². The molecule has 4 aromatic rings. The van der Waals surface area contributed by atoms with Gasteiger partial charge in [0.25, 0.3) is 0 Å². The minimum atomic E-state index is -0.354. The van der Waals surface area contributed by atoms with E-state index in [1.807, 2.05) is 42.6 Å². The number of nitrogens with one attached hydrogen (secondary N) is 2. The first kappa shape index (κ1) is 18.0. The maximum Gasteiger partial charge on any atom is 0.338 e. The van der Waals surface area contributed by atoms with Crippen molar-refractivity contribution in [3.05, 3.63) is 66.0 Å². The fraction of sp³-hybridized carbons (Fsp3) is 0.227. The molecule has 2 aromatic heterocycles. The normalized spacial score (nSPS) is 11.2. The number of pyridine rings is 1. The van der Waals surface area contributed by atoms with Gasteiger partial charge in [0.05, 0.1) is 34.7 Å². The Balaban J connectivity index is 1.48. The molecule has 0 radical (unpaired) electrons. The lowest BCUT2D eigenvalue weighted by atomic mass is 10.1. The molecule has 0 aliphatic heterocycles. The van der Waals surface area contributed by atoms with Crippen molar-refractivity contribution < 1.29 is 9.53 Å². The second kappa shape index (κ2) is 7.68. The number of H-pyrrole nitrogens is 1. The molecule has 0 saturated heterocycles. The highest BCUT2D eigenvalue weighted by Crippen LogP contribution is 2.20. The van der Waals surface area contributed by atoms with Crippen molar-refractivity contribution >= 4 is 33.5 Å². The lowest BCUT2D eigenvalue weighted by Gasteiger charge is -2.10. The van der Waals surface area contributed by atoms with Crippen LogP contribution in [0.15, 0.2) is 54.9 Å². The molecule has 142 valence electrons. The molecule has 0 atom stereocenters. The Morgan fingerprint density at radius 3 is 2.86 bits per heavy atom. The molecule has 0 spiro atoms. The summed E-state index contributed by atoms with van der Waals surface area (Å²) in [4.78, 5) is 16.9. The minimum absolute atomic E-state index is 0.208. The van der Waals surface area contributed by atoms with Gasteiger partial charge in [0.15, 0.2) is 0 Å². The van der Waals surface area contributed by atoms with E-state index < -0.39 is 0 Å². The average molecular weight is 374 g/mol. The van der Waals surface area contributed by atoms with Crippen LogP contribution in [-0.2, 0) is 11.3 Å². The third-order valence-corrected chi connectivity index (χ3v) is 4.51. The zero-order chi connectivity index (χ0) is 19.5. The molecule has 0 aliphatic rings. The lowest BCUT2D eigenvalue weighted by Crippen LogP contribution is -2.08. The molecular weight excluding hydrogens is 352 g/mol. The van der Waals surface area contributed by atoms with Crippen LogP contribution in [0.5, 0.6) is 0 Å². The molecule has 4 rings (SSSR count). The Morgan fingerprint density at radius 1 is 1.11 bits per heavy atom. The number of aromatic nitrogens is 3. The van der Waals surface area contributed by atoms with Crippen LogP contribution in [0.1, 0.15) is 29.8 Å². The first-order chi connectivity index (χ1) is 13.6. The molecule has 2 N–H and O–H groups in total. The van der Waals surface area contributed by atoms with E-state index in [1.165, 1.54) is 0 Å². The Kier molecular flexibility index (Phi) is 4.93. The van der Waals surface area contributed by atoms with Gasteiger partial charge in [0.1, 0.15) is 6.61 Å². The quantitative estimate of drug-likeness (QED) is 0.485. The van der Waals surface area contributed by atoms with E-state index in [0.29, 0.717) is 11.5 Å². The largest absolute Gasteiger partial charge is 0.457 e. The van der Waals surface area contributed by atoms with Crippen LogP contribution in [0.4, 0.5) is 5.69 Å². The maximum atomic E-state index is 12.5. The van der Waals surface area contributed by atoms with Crippen molar-refractivity contribution in [2.24, 2.45) is 5.92 Å². The van der Waals surface area contributed by atoms with Gasteiger partial charge in [-0.25, -0.2) is 4.79 Å². The van der Waals surface area contributed by atoms with Crippen molar-refractivity contribution in [3.8, 4) is 0 Å². The molecule has 0 aliphatic carbocycles. The molecule has 6 heteroatoms. The predicted octanol–water partition coefficient (Wildman–Crippen LogP) is 4.54. The maximum absolute atomic E-state index is 12.5. The number of nitrogens with zero attached hydrogens (tertiary/aromatic N) is 2. The van der Waals surface area contributed by atoms with E-state index in [0.717, 1.165) is 39.6 Å². The molecule has 2 heterocycles. The molecule has 0 unspecified atom stereocenters. The van der Waals surface area contributed by atoms with Crippen molar-refractivity contribution in [1.29, 1.82) is 0 Å². The highest BCUT2D eigenvalue weighted by atomic mass is 16.5. The van der Waals surface area contributed by atoms with Crippen LogP contribution in [0.3, 0.4) is 0 Å². The van der Waals surface area contributed by atoms with Gasteiger partial charge < -0.3 is 10.1 Å². The number of aromatic amines is 1. The summed E-state index contributed by atoms with van der Waals surface area (Å²) in [6.07, 6.45) is 3.58. The number of ether oxygens (including phenoxy) is 1. The van der Waals surface area contributed by atoms with E-state index in [4.69, 9.17) is 4.74 Å². The summed E-state index contributed by atoms with van der Waals surface area (Å²) in [7, 11) is 0. The third kappa shape index (κ3) is 3.96. The summed E-state index contributed by atoms with van der Waals surface area (Å²) >= 11 is 0. The standard InChI is InChI=1S/C22H22N4O2/c1-14(2)10-23-19-9-18-8-16(5-6-20(18)24-12-19)22(27)28-13-15-3-4-17-11-25-26-21(17)7-15/h3-9,11-12,14,23H,10,13H2,1-2H3,(H,25,26). The second-order valence-corrected chi connectivity index (χ2v) is 7.27. The van der Waals surface area contributed by atoms with Crippen LogP contribution >= 0.6 is 0 Å². The summed E-state index contributed by atoms with van der Waals surface area (Å²) < 4.78 is 5.49. The van der Waals surface area contributed by atoms with Gasteiger partial charge >= 0.3 is 5.97 Å². The number of carbonyl (C=O) groups excluding carboxylic acids is 1. The topological polar surface area (TPSA) is 79.9 Å². The number of carbonyl (C=O) groups is 1. The van der Waals surface area contributed by atoms with Gasteiger partial charge in [-0.1, -0.05) is 26.0 Å². The third-order valence-electron chi connectivity index (χ3n) is 4.51. The molecule has 0 fully saturated rings. The first-order valence-electron chi connectivity index (χ1n) is 9.31. The smallest absolute Gasteiger partial charge is 0.338 e. The fourth-order valence-electron chi connectivity index (χ4n) is 2.98. The number of hydrogen-bond donors (Lipinski definition) is 2. The van der Waals surface area contributed by atoms with Crippen molar-refractivity contribution in [2.45, 2.75) is 20.5 Å². The zero-order valence-electron chi connectivity index (χ0n) is 15.9. The van der Waals surface area contributed by atoms with Crippen molar-refractivity contribution in [1.82, 2.24) is 15.2 Å². The number of esters is 1. The Bertz CT molecular complexity index is 1130. The molecule has 0 bridgehead atoms. The Morgan fingerprint density at radius 2 is 2.00 bits per heavy atom. The molecule has 2 aromatic carbocycles. The monoisotopic (exact) mass is 374 g/mol. The van der Waals surface area contributed by atoms with Gasteiger partial charge in [-0.3, -0.25) is 10.1 Å². The van der Waals surface area contributed by atoms with Crippen LogP contribution in [0.25, 0.3) is 21.8 Å². The number of benzene rings is 2. The van der Waals surface area contributed by atoms with Gasteiger partial charge in [-0.05, 0) is 41.8 Å². The predicted molar refractivity (Wildman–Crippen MR) is 110 cm³/mol. The average Bonchev–Trinajstić information content (AvgIpc) is 3.17. The summed E-state index contributed by atoms with van der Waals surface area (Å²) in [6.45, 7) is 5.38. The van der Waals surface area contributed by atoms with Crippen molar-refractivity contribution in [2.75, 3.05) is 11.9 Å². The van der Waals surface area contributed by atoms with E-state index in [-0.39, 0.29) is 12.6 Å². The second-order valence-electron chi connectivity index (χ2n) is 7.27.